The number of ether oxygens (including phenoxy) is 1. The number of benzene rings is 1. The first kappa shape index (κ1) is 15.6. The van der Waals surface area contributed by atoms with Crippen molar-refractivity contribution in [3.8, 4) is 5.75 Å². The molecule has 0 spiro atoms. The molecule has 0 bridgehead atoms. The molecule has 0 saturated heterocycles. The Balaban J connectivity index is 2.51. The van der Waals surface area contributed by atoms with Crippen molar-refractivity contribution in [3.05, 3.63) is 52.6 Å². The lowest BCUT2D eigenvalue weighted by molar-refractivity contribution is 0.0832. The highest BCUT2D eigenvalue weighted by Gasteiger charge is 2.32. The lowest BCUT2D eigenvalue weighted by Gasteiger charge is -2.10. The van der Waals surface area contributed by atoms with Crippen LogP contribution in [0.25, 0.3) is 12.3 Å². The Labute approximate surface area is 128 Å². The van der Waals surface area contributed by atoms with Crippen molar-refractivity contribution in [3.63, 3.8) is 0 Å². The average Bonchev–Trinajstić information content (AvgIpc) is 2.71. The summed E-state index contributed by atoms with van der Waals surface area (Å²) in [6, 6.07) is 3.15. The van der Waals surface area contributed by atoms with Gasteiger partial charge in [-0.2, -0.15) is 0 Å². The quantitative estimate of drug-likeness (QED) is 0.684. The molecule has 0 aliphatic carbocycles. The largest absolute Gasteiger partial charge is 0.464 e. The van der Waals surface area contributed by atoms with Crippen molar-refractivity contribution in [2.24, 2.45) is 0 Å². The number of amides is 2. The van der Waals surface area contributed by atoms with Gasteiger partial charge in [-0.25, -0.2) is 9.69 Å². The van der Waals surface area contributed by atoms with Gasteiger partial charge in [-0.3, -0.25) is 4.79 Å². The van der Waals surface area contributed by atoms with E-state index in [1.165, 1.54) is 0 Å². The molecule has 0 unspecified atom stereocenters. The predicted molar refractivity (Wildman–Crippen MR) is 83.7 cm³/mol. The summed E-state index contributed by atoms with van der Waals surface area (Å²) >= 11 is 0. The molecular weight excluding hydrogens is 282 g/mol. The molecule has 1 aromatic rings. The number of carbonyl (C=O) groups is 2. The molecule has 0 fully saturated rings. The van der Waals surface area contributed by atoms with Gasteiger partial charge in [-0.1, -0.05) is 26.2 Å². The zero-order valence-corrected chi connectivity index (χ0v) is 12.5. The zero-order valence-electron chi connectivity index (χ0n) is 12.5. The van der Waals surface area contributed by atoms with E-state index in [1.54, 1.807) is 25.1 Å². The molecule has 1 heterocycles. The van der Waals surface area contributed by atoms with Crippen molar-refractivity contribution in [1.29, 1.82) is 0 Å². The number of imide groups is 1. The molecule has 1 N–H and O–H groups in total. The van der Waals surface area contributed by atoms with Crippen LogP contribution >= 0.6 is 0 Å². The van der Waals surface area contributed by atoms with Crippen LogP contribution in [0.2, 0.25) is 0 Å². The Morgan fingerprint density at radius 3 is 2.73 bits per heavy atom. The summed E-state index contributed by atoms with van der Waals surface area (Å²) in [6.07, 6.45) is 3.21. The summed E-state index contributed by atoms with van der Waals surface area (Å²) in [5.74, 6) is 0.328. The summed E-state index contributed by atoms with van der Waals surface area (Å²) in [4.78, 5) is 24.0. The van der Waals surface area contributed by atoms with Crippen LogP contribution in [0, 0.1) is 0 Å². The van der Waals surface area contributed by atoms with Crippen LogP contribution in [-0.2, 0) is 0 Å². The third kappa shape index (κ3) is 2.53. The second kappa shape index (κ2) is 5.89. The van der Waals surface area contributed by atoms with Crippen LogP contribution in [0.1, 0.15) is 30.6 Å². The first-order valence-electron chi connectivity index (χ1n) is 6.82. The predicted octanol–water partition coefficient (Wildman–Crippen LogP) is 2.22. The number of rotatable bonds is 4. The van der Waals surface area contributed by atoms with Gasteiger partial charge < -0.3 is 9.84 Å². The zero-order chi connectivity index (χ0) is 16.4. The molecule has 2 rings (SSSR count). The van der Waals surface area contributed by atoms with Crippen molar-refractivity contribution >= 4 is 24.3 Å². The van der Waals surface area contributed by atoms with Crippen molar-refractivity contribution in [2.75, 3.05) is 0 Å². The van der Waals surface area contributed by atoms with E-state index in [0.29, 0.717) is 33.2 Å². The number of carboxylic acid groups (broad SMARTS) is 1. The molecule has 0 aromatic heterocycles. The fourth-order valence-corrected chi connectivity index (χ4v) is 2.36. The number of allylic oxidation sites excluding steroid dienone is 2. The van der Waals surface area contributed by atoms with Gasteiger partial charge in [0.1, 0.15) is 11.5 Å². The van der Waals surface area contributed by atoms with Crippen LogP contribution in [0.3, 0.4) is 0 Å². The third-order valence-corrected chi connectivity index (χ3v) is 3.37. The first-order valence-corrected chi connectivity index (χ1v) is 6.82. The van der Waals surface area contributed by atoms with Crippen LogP contribution in [0.4, 0.5) is 4.79 Å². The van der Waals surface area contributed by atoms with E-state index in [1.807, 2.05) is 13.0 Å². The van der Waals surface area contributed by atoms with Gasteiger partial charge >= 0.3 is 6.09 Å². The van der Waals surface area contributed by atoms with E-state index < -0.39 is 12.0 Å². The second-order valence-electron chi connectivity index (χ2n) is 4.85. The van der Waals surface area contributed by atoms with E-state index in [0.717, 1.165) is 11.3 Å². The van der Waals surface area contributed by atoms with E-state index in [-0.39, 0.29) is 0 Å². The summed E-state index contributed by atoms with van der Waals surface area (Å²) in [7, 11) is 0. The van der Waals surface area contributed by atoms with Gasteiger partial charge in [0.15, 0.2) is 0 Å². The van der Waals surface area contributed by atoms with Crippen LogP contribution < -0.4 is 15.2 Å². The van der Waals surface area contributed by atoms with Crippen molar-refractivity contribution in [2.45, 2.75) is 20.3 Å². The number of carbonyl (C=O) groups excluding carboxylic acids is 1. The molecule has 0 saturated carbocycles. The Morgan fingerprint density at radius 2 is 2.14 bits per heavy atom. The maximum Gasteiger partial charge on any atom is 0.418 e. The summed E-state index contributed by atoms with van der Waals surface area (Å²) in [5, 5.41) is 10.1. The summed E-state index contributed by atoms with van der Waals surface area (Å²) < 4.78 is 5.62. The van der Waals surface area contributed by atoms with Gasteiger partial charge in [-0.15, -0.1) is 0 Å². The highest BCUT2D eigenvalue weighted by Crippen LogP contribution is 2.17. The third-order valence-electron chi connectivity index (χ3n) is 3.37. The molecule has 1 aliphatic heterocycles. The SMILES string of the molecule is C=C(/C=C\CC)Oc1ccc2c(c1=C)=C(C)N(C(=O)O)C2=O. The van der Waals surface area contributed by atoms with E-state index in [2.05, 4.69) is 13.2 Å². The fraction of sp³-hybridized carbons (Fsp3) is 0.176. The molecule has 0 radical (unpaired) electrons. The molecule has 5 nitrogen and oxygen atoms in total. The summed E-state index contributed by atoms with van der Waals surface area (Å²) in [6.45, 7) is 11.3. The topological polar surface area (TPSA) is 66.8 Å². The van der Waals surface area contributed by atoms with Gasteiger partial charge in [0.25, 0.3) is 5.91 Å². The van der Waals surface area contributed by atoms with E-state index in [4.69, 9.17) is 9.84 Å². The highest BCUT2D eigenvalue weighted by molar-refractivity contribution is 6.11. The Hall–Kier alpha value is -2.82. The maximum absolute atomic E-state index is 12.1. The Morgan fingerprint density at radius 1 is 1.45 bits per heavy atom. The minimum Gasteiger partial charge on any atom is -0.464 e. The minimum atomic E-state index is -1.31. The minimum absolute atomic E-state index is 0.312. The second-order valence-corrected chi connectivity index (χ2v) is 4.85. The molecule has 2 amide bonds. The number of hydrogen-bond donors (Lipinski definition) is 1. The van der Waals surface area contributed by atoms with Gasteiger partial charge in [0.05, 0.1) is 5.56 Å². The fourth-order valence-electron chi connectivity index (χ4n) is 2.36. The Kier molecular flexibility index (Phi) is 4.17. The van der Waals surface area contributed by atoms with Crippen LogP contribution in [-0.4, -0.2) is 22.0 Å². The normalized spacial score (nSPS) is 13.6. The molecule has 1 aliphatic rings. The number of fused-ring (bicyclic) bond motifs is 1. The smallest absolute Gasteiger partial charge is 0.418 e. The first-order chi connectivity index (χ1) is 10.4. The number of nitrogens with zero attached hydrogens (tertiary/aromatic N) is 1. The molecular formula is C17H17NO4. The highest BCUT2D eigenvalue weighted by atomic mass is 16.5. The molecule has 5 heteroatoms. The van der Waals surface area contributed by atoms with Crippen LogP contribution in [0.5, 0.6) is 5.75 Å². The lowest BCUT2D eigenvalue weighted by Crippen LogP contribution is -2.29. The molecule has 1 aromatic carbocycles. The van der Waals surface area contributed by atoms with E-state index in [9.17, 15) is 9.59 Å². The molecule has 22 heavy (non-hydrogen) atoms. The van der Waals surface area contributed by atoms with Crippen molar-refractivity contribution < 1.29 is 19.4 Å². The van der Waals surface area contributed by atoms with Gasteiger partial charge in [-0.05, 0) is 31.6 Å². The lowest BCUT2D eigenvalue weighted by atomic mass is 10.1. The van der Waals surface area contributed by atoms with Crippen molar-refractivity contribution in [1.82, 2.24) is 4.90 Å². The standard InChI is InChI=1S/C17H17NO4/c1-5-6-7-10(2)22-14-9-8-13-15(11(14)3)12(4)18(16(13)19)17(20)21/h6-9H,2-3,5H2,1,4H3,(H,20,21)/b7-6-. The van der Waals surface area contributed by atoms with Gasteiger partial charge in [0.2, 0.25) is 0 Å². The number of hydrogen-bond acceptors (Lipinski definition) is 3. The van der Waals surface area contributed by atoms with Crippen LogP contribution in [0.15, 0.2) is 36.6 Å². The molecule has 0 atom stereocenters. The van der Waals surface area contributed by atoms with Gasteiger partial charge in [0, 0.05) is 16.1 Å². The van der Waals surface area contributed by atoms with E-state index >= 15 is 0 Å². The average molecular weight is 299 g/mol. The monoisotopic (exact) mass is 299 g/mol. The maximum atomic E-state index is 12.1. The summed E-state index contributed by atoms with van der Waals surface area (Å²) in [5.41, 5.74) is 0.643. The molecule has 114 valence electrons. The Bertz CT molecular complexity index is 805.